The lowest BCUT2D eigenvalue weighted by Gasteiger charge is -2.20. The Morgan fingerprint density at radius 3 is 2.47 bits per heavy atom. The number of carbonyl (C=O) groups is 1. The maximum absolute atomic E-state index is 13.0. The number of hydrazone groups is 1. The lowest BCUT2D eigenvalue weighted by Crippen LogP contribution is -2.35. The van der Waals surface area contributed by atoms with Gasteiger partial charge in [0.15, 0.2) is 5.84 Å². The van der Waals surface area contributed by atoms with Gasteiger partial charge < -0.3 is 4.57 Å². The molecule has 0 unspecified atom stereocenters. The van der Waals surface area contributed by atoms with Gasteiger partial charge in [-0.15, -0.1) is 0 Å². The number of nitrogens with zero attached hydrogens (tertiary/aromatic N) is 4. The minimum Gasteiger partial charge on any atom is -0.318 e. The summed E-state index contributed by atoms with van der Waals surface area (Å²) in [5, 5.41) is 18.4. The van der Waals surface area contributed by atoms with E-state index < -0.39 is 5.91 Å². The molecule has 0 aliphatic carbocycles. The van der Waals surface area contributed by atoms with Gasteiger partial charge in [0.2, 0.25) is 5.17 Å². The number of hydrogen-bond acceptors (Lipinski definition) is 4. The molecule has 36 heavy (non-hydrogen) atoms. The minimum atomic E-state index is -0.421. The van der Waals surface area contributed by atoms with Gasteiger partial charge in [-0.05, 0) is 78.7 Å². The van der Waals surface area contributed by atoms with E-state index in [1.54, 1.807) is 6.08 Å². The number of aromatic nitrogens is 1. The maximum Gasteiger partial charge on any atom is 0.283 e. The van der Waals surface area contributed by atoms with E-state index in [0.717, 1.165) is 38.8 Å². The lowest BCUT2D eigenvalue weighted by atomic mass is 10.1. The van der Waals surface area contributed by atoms with Gasteiger partial charge in [0.25, 0.3) is 5.91 Å². The summed E-state index contributed by atoms with van der Waals surface area (Å²) < 4.78 is 2.17. The second kappa shape index (κ2) is 8.46. The van der Waals surface area contributed by atoms with Crippen LogP contribution in [0.3, 0.4) is 0 Å². The number of rotatable bonds is 3. The zero-order valence-corrected chi connectivity index (χ0v) is 20.9. The summed E-state index contributed by atoms with van der Waals surface area (Å²) in [5.41, 5.74) is 6.26. The Morgan fingerprint density at radius 2 is 1.67 bits per heavy atom. The first-order valence-electron chi connectivity index (χ1n) is 11.6. The zero-order chi connectivity index (χ0) is 25.0. The number of carbonyl (C=O) groups excluding carboxylic acids is 1. The van der Waals surface area contributed by atoms with E-state index in [1.807, 2.05) is 63.2 Å². The van der Waals surface area contributed by atoms with Crippen LogP contribution in [0.2, 0.25) is 0 Å². The van der Waals surface area contributed by atoms with Gasteiger partial charge in [-0.1, -0.05) is 54.6 Å². The normalized spacial score (nSPS) is 16.5. The molecule has 0 bridgehead atoms. The van der Waals surface area contributed by atoms with Crippen LogP contribution in [0.15, 0.2) is 88.5 Å². The highest BCUT2D eigenvalue weighted by Crippen LogP contribution is 2.33. The fraction of sp³-hybridized carbons (Fsp3) is 0.103. The molecule has 1 aromatic heterocycles. The number of fused-ring (bicyclic) bond motifs is 2. The summed E-state index contributed by atoms with van der Waals surface area (Å²) in [6, 6.07) is 24.6. The number of nitrogens with one attached hydrogen (secondary N) is 1. The summed E-state index contributed by atoms with van der Waals surface area (Å²) in [6.45, 7) is 6.09. The van der Waals surface area contributed by atoms with Crippen molar-refractivity contribution in [3.8, 4) is 5.69 Å². The van der Waals surface area contributed by atoms with Crippen molar-refractivity contribution >= 4 is 50.6 Å². The molecular weight excluding hydrogens is 466 g/mol. The Bertz CT molecular complexity index is 1690. The highest BCUT2D eigenvalue weighted by Gasteiger charge is 2.36. The van der Waals surface area contributed by atoms with Gasteiger partial charge >= 0.3 is 0 Å². The largest absolute Gasteiger partial charge is 0.318 e. The van der Waals surface area contributed by atoms with Crippen molar-refractivity contribution in [2.24, 2.45) is 10.1 Å². The first-order valence-corrected chi connectivity index (χ1v) is 12.5. The standard InChI is InChI=1S/C29H23N5OS/c1-17-8-4-7-11-24(17)28-32-34-26(30)25(27(35)31-29(34)36-28)16-22-14-18(2)33(19(22)3)23-13-12-20-9-5-6-10-21(20)15-23/h4-16,30H,1-3H3/b25-16-,30-26?. The molecule has 2 aliphatic rings. The van der Waals surface area contributed by atoms with E-state index in [1.165, 1.54) is 27.5 Å². The summed E-state index contributed by atoms with van der Waals surface area (Å²) in [6.07, 6.45) is 1.76. The van der Waals surface area contributed by atoms with Crippen LogP contribution in [0, 0.1) is 26.2 Å². The van der Waals surface area contributed by atoms with Crippen LogP contribution < -0.4 is 0 Å². The van der Waals surface area contributed by atoms with Gasteiger partial charge in [0.1, 0.15) is 5.04 Å². The molecule has 0 saturated carbocycles. The van der Waals surface area contributed by atoms with Crippen molar-refractivity contribution in [1.29, 1.82) is 5.41 Å². The Kier molecular flexibility index (Phi) is 5.23. The molecule has 4 aromatic rings. The van der Waals surface area contributed by atoms with Crippen molar-refractivity contribution in [2.75, 3.05) is 0 Å². The Hall–Kier alpha value is -4.23. The number of aryl methyl sites for hydroxylation is 2. The molecule has 2 aliphatic heterocycles. The number of amides is 1. The van der Waals surface area contributed by atoms with Crippen LogP contribution >= 0.6 is 11.8 Å². The Labute approximate surface area is 213 Å². The van der Waals surface area contributed by atoms with Crippen molar-refractivity contribution in [3.05, 3.63) is 106 Å². The highest BCUT2D eigenvalue weighted by atomic mass is 32.2. The van der Waals surface area contributed by atoms with E-state index >= 15 is 0 Å². The van der Waals surface area contributed by atoms with Crippen molar-refractivity contribution < 1.29 is 4.79 Å². The molecule has 0 radical (unpaired) electrons. The predicted octanol–water partition coefficient (Wildman–Crippen LogP) is 6.22. The monoisotopic (exact) mass is 489 g/mol. The first kappa shape index (κ1) is 22.2. The van der Waals surface area contributed by atoms with Crippen LogP contribution in [-0.2, 0) is 4.79 Å². The van der Waals surface area contributed by atoms with Crippen LogP contribution in [0.1, 0.15) is 28.1 Å². The smallest absolute Gasteiger partial charge is 0.283 e. The molecule has 1 N–H and O–H groups in total. The number of thioether (sulfide) groups is 1. The van der Waals surface area contributed by atoms with Crippen LogP contribution in [0.4, 0.5) is 0 Å². The summed E-state index contributed by atoms with van der Waals surface area (Å²) in [7, 11) is 0. The van der Waals surface area contributed by atoms with Crippen molar-refractivity contribution in [1.82, 2.24) is 9.58 Å². The first-order chi connectivity index (χ1) is 17.4. The molecule has 1 amide bonds. The Morgan fingerprint density at radius 1 is 0.917 bits per heavy atom. The molecule has 7 heteroatoms. The number of benzene rings is 3. The van der Waals surface area contributed by atoms with Crippen LogP contribution in [0.25, 0.3) is 22.5 Å². The van der Waals surface area contributed by atoms with Crippen molar-refractivity contribution in [3.63, 3.8) is 0 Å². The van der Waals surface area contributed by atoms with E-state index in [2.05, 4.69) is 45.0 Å². The minimum absolute atomic E-state index is 0.0385. The van der Waals surface area contributed by atoms with Crippen LogP contribution in [0.5, 0.6) is 0 Å². The predicted molar refractivity (Wildman–Crippen MR) is 148 cm³/mol. The maximum atomic E-state index is 13.0. The van der Waals surface area contributed by atoms with Gasteiger partial charge in [0.05, 0.1) is 5.57 Å². The second-order valence-corrected chi connectivity index (χ2v) is 9.89. The van der Waals surface area contributed by atoms with Crippen molar-refractivity contribution in [2.45, 2.75) is 20.8 Å². The summed E-state index contributed by atoms with van der Waals surface area (Å²) >= 11 is 1.32. The molecule has 3 aromatic carbocycles. The molecule has 0 fully saturated rings. The third-order valence-corrected chi connectivity index (χ3v) is 7.53. The highest BCUT2D eigenvalue weighted by molar-refractivity contribution is 8.27. The summed E-state index contributed by atoms with van der Waals surface area (Å²) in [4.78, 5) is 17.3. The fourth-order valence-corrected chi connectivity index (χ4v) is 5.70. The van der Waals surface area contributed by atoms with E-state index in [-0.39, 0.29) is 11.4 Å². The van der Waals surface area contributed by atoms with Gasteiger partial charge in [-0.3, -0.25) is 10.2 Å². The quantitative estimate of drug-likeness (QED) is 0.347. The molecular formula is C29H23N5OS. The van der Waals surface area contributed by atoms with Gasteiger partial charge in [-0.2, -0.15) is 15.1 Å². The molecule has 0 atom stereocenters. The lowest BCUT2D eigenvalue weighted by molar-refractivity contribution is -0.114. The molecule has 6 nitrogen and oxygen atoms in total. The number of aliphatic imine (C=N–C) groups is 1. The summed E-state index contributed by atoms with van der Waals surface area (Å²) in [5.74, 6) is -0.382. The van der Waals surface area contributed by atoms with E-state index in [9.17, 15) is 4.79 Å². The molecule has 3 heterocycles. The SMILES string of the molecule is Cc1ccccc1C1=NN2C(=N)/C(=C/c3cc(C)n(-c4ccc5ccccc5c4)c3C)C(=O)N=C2S1. The van der Waals surface area contributed by atoms with Crippen LogP contribution in [-0.4, -0.2) is 31.5 Å². The topological polar surface area (TPSA) is 73.8 Å². The third kappa shape index (κ3) is 3.60. The number of hydrogen-bond donors (Lipinski definition) is 1. The molecule has 176 valence electrons. The zero-order valence-electron chi connectivity index (χ0n) is 20.1. The second-order valence-electron chi connectivity index (χ2n) is 8.93. The molecule has 0 spiro atoms. The average molecular weight is 490 g/mol. The number of amidine groups is 2. The third-order valence-electron chi connectivity index (χ3n) is 6.59. The van der Waals surface area contributed by atoms with E-state index in [0.29, 0.717) is 5.17 Å². The van der Waals surface area contributed by atoms with Gasteiger partial charge in [0, 0.05) is 22.6 Å². The average Bonchev–Trinajstić information content (AvgIpc) is 3.41. The molecule has 6 rings (SSSR count). The van der Waals surface area contributed by atoms with Gasteiger partial charge in [-0.25, -0.2) is 0 Å². The molecule has 0 saturated heterocycles. The Balaban J connectivity index is 1.37. The fourth-order valence-electron chi connectivity index (χ4n) is 4.72. The van der Waals surface area contributed by atoms with E-state index in [4.69, 9.17) is 5.41 Å².